The van der Waals surface area contributed by atoms with Gasteiger partial charge in [0, 0.05) is 24.0 Å². The number of nitrogens with one attached hydrogen (secondary N) is 2. The maximum atomic E-state index is 11.9. The monoisotopic (exact) mass is 301 g/mol. The molecular weight excluding hydrogens is 286 g/mol. The SMILES string of the molecule is CNC1C(=O)Nc2cc(N(C)c3ccccc3)c(Cl)cc21. The van der Waals surface area contributed by atoms with E-state index >= 15 is 0 Å². The van der Waals surface area contributed by atoms with E-state index in [1.807, 2.05) is 54.4 Å². The molecule has 0 saturated heterocycles. The highest BCUT2D eigenvalue weighted by Gasteiger charge is 2.30. The molecule has 5 heteroatoms. The lowest BCUT2D eigenvalue weighted by Gasteiger charge is -2.22. The third-order valence-corrected chi connectivity index (χ3v) is 4.05. The topological polar surface area (TPSA) is 44.4 Å². The van der Waals surface area contributed by atoms with E-state index in [9.17, 15) is 4.79 Å². The number of benzene rings is 2. The molecule has 0 aromatic heterocycles. The lowest BCUT2D eigenvalue weighted by molar-refractivity contribution is -0.117. The molecule has 1 aliphatic rings. The number of fused-ring (bicyclic) bond motifs is 1. The number of anilines is 3. The van der Waals surface area contributed by atoms with Gasteiger partial charge in [-0.2, -0.15) is 0 Å². The van der Waals surface area contributed by atoms with E-state index in [1.165, 1.54) is 0 Å². The van der Waals surface area contributed by atoms with Crippen molar-refractivity contribution in [3.8, 4) is 0 Å². The van der Waals surface area contributed by atoms with Crippen molar-refractivity contribution < 1.29 is 4.79 Å². The van der Waals surface area contributed by atoms with Crippen LogP contribution < -0.4 is 15.5 Å². The number of hydrogen-bond acceptors (Lipinski definition) is 3. The number of carbonyl (C=O) groups excluding carboxylic acids is 1. The summed E-state index contributed by atoms with van der Waals surface area (Å²) in [6, 6.07) is 13.4. The molecule has 3 rings (SSSR count). The Morgan fingerprint density at radius 1 is 1.24 bits per heavy atom. The molecular formula is C16H16ClN3O. The summed E-state index contributed by atoms with van der Waals surface area (Å²) in [5.74, 6) is -0.0527. The van der Waals surface area contributed by atoms with Crippen molar-refractivity contribution >= 4 is 34.6 Å². The van der Waals surface area contributed by atoms with E-state index in [0.717, 1.165) is 22.6 Å². The predicted octanol–water partition coefficient (Wildman–Crippen LogP) is 3.32. The minimum Gasteiger partial charge on any atom is -0.343 e. The summed E-state index contributed by atoms with van der Waals surface area (Å²) in [6.07, 6.45) is 0. The second-order valence-electron chi connectivity index (χ2n) is 5.00. The molecule has 0 fully saturated rings. The second kappa shape index (κ2) is 5.39. The zero-order valence-electron chi connectivity index (χ0n) is 11.9. The summed E-state index contributed by atoms with van der Waals surface area (Å²) in [7, 11) is 3.71. The van der Waals surface area contributed by atoms with Crippen LogP contribution in [0.3, 0.4) is 0 Å². The van der Waals surface area contributed by atoms with Crippen LogP contribution >= 0.6 is 11.6 Å². The van der Waals surface area contributed by atoms with E-state index in [0.29, 0.717) is 5.02 Å². The van der Waals surface area contributed by atoms with E-state index < -0.39 is 0 Å². The van der Waals surface area contributed by atoms with Crippen LogP contribution in [0.4, 0.5) is 17.1 Å². The van der Waals surface area contributed by atoms with Gasteiger partial charge in [0.25, 0.3) is 0 Å². The molecule has 0 aliphatic carbocycles. The Bertz CT molecular complexity index is 687. The summed E-state index contributed by atoms with van der Waals surface area (Å²) in [4.78, 5) is 13.9. The minimum absolute atomic E-state index is 0.0527. The van der Waals surface area contributed by atoms with Crippen molar-refractivity contribution in [2.45, 2.75) is 6.04 Å². The number of nitrogens with zero attached hydrogens (tertiary/aromatic N) is 1. The first-order valence-electron chi connectivity index (χ1n) is 6.72. The van der Waals surface area contributed by atoms with Crippen LogP contribution in [0.1, 0.15) is 11.6 Å². The lowest BCUT2D eigenvalue weighted by atomic mass is 10.1. The number of carbonyl (C=O) groups is 1. The van der Waals surface area contributed by atoms with Gasteiger partial charge in [0.2, 0.25) is 5.91 Å². The van der Waals surface area contributed by atoms with Crippen LogP contribution in [0.25, 0.3) is 0 Å². The zero-order valence-corrected chi connectivity index (χ0v) is 12.6. The molecule has 2 N–H and O–H groups in total. The number of rotatable bonds is 3. The molecule has 0 saturated carbocycles. The molecule has 1 atom stereocenters. The average molecular weight is 302 g/mol. The van der Waals surface area contributed by atoms with Crippen LogP contribution in [-0.2, 0) is 4.79 Å². The summed E-state index contributed by atoms with van der Waals surface area (Å²) in [5.41, 5.74) is 3.59. The Balaban J connectivity index is 2.03. The normalized spacial score (nSPS) is 16.5. The number of halogens is 1. The van der Waals surface area contributed by atoms with E-state index in [2.05, 4.69) is 10.6 Å². The fourth-order valence-electron chi connectivity index (χ4n) is 2.60. The fourth-order valence-corrected chi connectivity index (χ4v) is 2.90. The van der Waals surface area contributed by atoms with E-state index in [-0.39, 0.29) is 11.9 Å². The van der Waals surface area contributed by atoms with Crippen LogP contribution in [0.5, 0.6) is 0 Å². The molecule has 1 aliphatic heterocycles. The van der Waals surface area contributed by atoms with Gasteiger partial charge in [-0.1, -0.05) is 29.8 Å². The Morgan fingerprint density at radius 2 is 1.95 bits per heavy atom. The molecule has 0 radical (unpaired) electrons. The summed E-state index contributed by atoms with van der Waals surface area (Å²) < 4.78 is 0. The molecule has 1 unspecified atom stereocenters. The molecule has 4 nitrogen and oxygen atoms in total. The van der Waals surface area contributed by atoms with Gasteiger partial charge in [-0.3, -0.25) is 4.79 Å². The Kier molecular flexibility index (Phi) is 3.57. The van der Waals surface area contributed by atoms with Gasteiger partial charge in [0.15, 0.2) is 0 Å². The molecule has 1 amide bonds. The van der Waals surface area contributed by atoms with Crippen LogP contribution in [0.15, 0.2) is 42.5 Å². The highest BCUT2D eigenvalue weighted by atomic mass is 35.5. The highest BCUT2D eigenvalue weighted by Crippen LogP contribution is 2.40. The number of likely N-dealkylation sites (N-methyl/N-ethyl adjacent to an activating group) is 1. The van der Waals surface area contributed by atoms with Crippen molar-refractivity contribution in [1.82, 2.24) is 5.32 Å². The standard InChI is InChI=1S/C16H16ClN3O/c1-18-15-11-8-12(17)14(9-13(11)19-16(15)21)20(2)10-6-4-3-5-7-10/h3-9,15,18H,1-2H3,(H,19,21). The zero-order chi connectivity index (χ0) is 15.0. The van der Waals surface area contributed by atoms with Crippen LogP contribution in [0.2, 0.25) is 5.02 Å². The van der Waals surface area contributed by atoms with Crippen LogP contribution in [-0.4, -0.2) is 20.0 Å². The summed E-state index contributed by atoms with van der Waals surface area (Å²) in [5, 5.41) is 6.50. The number of amides is 1. The molecule has 0 spiro atoms. The Labute approximate surface area is 128 Å². The maximum absolute atomic E-state index is 11.9. The average Bonchev–Trinajstić information content (AvgIpc) is 2.81. The molecule has 108 valence electrons. The lowest BCUT2D eigenvalue weighted by Crippen LogP contribution is -2.23. The largest absolute Gasteiger partial charge is 0.343 e. The van der Waals surface area contributed by atoms with Crippen molar-refractivity contribution in [3.05, 3.63) is 53.1 Å². The first kappa shape index (κ1) is 13.9. The van der Waals surface area contributed by atoms with Crippen molar-refractivity contribution in [2.75, 3.05) is 24.3 Å². The molecule has 0 bridgehead atoms. The summed E-state index contributed by atoms with van der Waals surface area (Å²) in [6.45, 7) is 0. The van der Waals surface area contributed by atoms with Gasteiger partial charge in [0.05, 0.1) is 10.7 Å². The van der Waals surface area contributed by atoms with Crippen molar-refractivity contribution in [1.29, 1.82) is 0 Å². The van der Waals surface area contributed by atoms with E-state index in [1.54, 1.807) is 7.05 Å². The molecule has 2 aromatic carbocycles. The molecule has 21 heavy (non-hydrogen) atoms. The first-order chi connectivity index (χ1) is 10.1. The van der Waals surface area contributed by atoms with Gasteiger partial charge < -0.3 is 15.5 Å². The Morgan fingerprint density at radius 3 is 2.62 bits per heavy atom. The maximum Gasteiger partial charge on any atom is 0.246 e. The Hall–Kier alpha value is -2.04. The van der Waals surface area contributed by atoms with Gasteiger partial charge in [0.1, 0.15) is 6.04 Å². The third kappa shape index (κ3) is 2.37. The van der Waals surface area contributed by atoms with Gasteiger partial charge in [-0.25, -0.2) is 0 Å². The van der Waals surface area contributed by atoms with Crippen LogP contribution in [0, 0.1) is 0 Å². The van der Waals surface area contributed by atoms with Gasteiger partial charge >= 0.3 is 0 Å². The molecule has 1 heterocycles. The number of hydrogen-bond donors (Lipinski definition) is 2. The predicted molar refractivity (Wildman–Crippen MR) is 86.4 cm³/mol. The highest BCUT2D eigenvalue weighted by molar-refractivity contribution is 6.34. The first-order valence-corrected chi connectivity index (χ1v) is 7.10. The second-order valence-corrected chi connectivity index (χ2v) is 5.40. The third-order valence-electron chi connectivity index (χ3n) is 3.74. The van der Waals surface area contributed by atoms with Crippen molar-refractivity contribution in [2.24, 2.45) is 0 Å². The number of para-hydroxylation sites is 1. The van der Waals surface area contributed by atoms with E-state index in [4.69, 9.17) is 11.6 Å². The smallest absolute Gasteiger partial charge is 0.246 e. The fraction of sp³-hybridized carbons (Fsp3) is 0.188. The van der Waals surface area contributed by atoms with Gasteiger partial charge in [-0.05, 0) is 31.3 Å². The molecule has 2 aromatic rings. The van der Waals surface area contributed by atoms with Gasteiger partial charge in [-0.15, -0.1) is 0 Å². The van der Waals surface area contributed by atoms with Crippen molar-refractivity contribution in [3.63, 3.8) is 0 Å². The minimum atomic E-state index is -0.339. The summed E-state index contributed by atoms with van der Waals surface area (Å²) >= 11 is 6.41. The quantitative estimate of drug-likeness (QED) is 0.914.